The average Bonchev–Trinajstić information content (AvgIpc) is 2.44. The summed E-state index contributed by atoms with van der Waals surface area (Å²) in [6.07, 6.45) is 0. The summed E-state index contributed by atoms with van der Waals surface area (Å²) in [6, 6.07) is 4.66. The van der Waals surface area contributed by atoms with Gasteiger partial charge in [0.15, 0.2) is 0 Å². The molecule has 6 nitrogen and oxygen atoms in total. The number of anilines is 1. The Morgan fingerprint density at radius 3 is 2.76 bits per heavy atom. The van der Waals surface area contributed by atoms with Gasteiger partial charge in [-0.25, -0.2) is 0 Å². The average molecular weight is 289 g/mol. The van der Waals surface area contributed by atoms with Crippen LogP contribution in [0.4, 0.5) is 5.69 Å². The standard InChI is InChI=1S/C15H19N3O3/c1-4-16-12-6-5-11(7-9(12)2)15(21)18-8-13(19)17-14(20)10(18)3/h5-7,10,16H,4,8H2,1-3H3,(H,17,19,20). The molecule has 2 N–H and O–H groups in total. The van der Waals surface area contributed by atoms with E-state index in [0.29, 0.717) is 5.56 Å². The van der Waals surface area contributed by atoms with Gasteiger partial charge in [0.05, 0.1) is 0 Å². The Morgan fingerprint density at radius 1 is 1.43 bits per heavy atom. The van der Waals surface area contributed by atoms with Crippen molar-refractivity contribution in [1.29, 1.82) is 0 Å². The Bertz CT molecular complexity index is 598. The number of rotatable bonds is 3. The molecule has 0 bridgehead atoms. The van der Waals surface area contributed by atoms with Gasteiger partial charge in [0.25, 0.3) is 5.91 Å². The Hall–Kier alpha value is -2.37. The molecule has 1 saturated heterocycles. The summed E-state index contributed by atoms with van der Waals surface area (Å²) in [5, 5.41) is 5.42. The first-order valence-corrected chi connectivity index (χ1v) is 6.93. The topological polar surface area (TPSA) is 78.5 Å². The van der Waals surface area contributed by atoms with E-state index in [1.165, 1.54) is 4.90 Å². The molecule has 0 radical (unpaired) electrons. The fraction of sp³-hybridized carbons (Fsp3) is 0.400. The van der Waals surface area contributed by atoms with Crippen LogP contribution in [0.1, 0.15) is 29.8 Å². The van der Waals surface area contributed by atoms with Gasteiger partial charge < -0.3 is 10.2 Å². The van der Waals surface area contributed by atoms with Gasteiger partial charge >= 0.3 is 0 Å². The molecule has 1 heterocycles. The largest absolute Gasteiger partial charge is 0.385 e. The van der Waals surface area contributed by atoms with Crippen molar-refractivity contribution in [2.24, 2.45) is 0 Å². The monoisotopic (exact) mass is 289 g/mol. The third-order valence-corrected chi connectivity index (χ3v) is 3.52. The van der Waals surface area contributed by atoms with Crippen molar-refractivity contribution in [3.8, 4) is 0 Å². The molecule has 6 heteroatoms. The van der Waals surface area contributed by atoms with Gasteiger partial charge in [0.2, 0.25) is 11.8 Å². The third kappa shape index (κ3) is 3.04. The van der Waals surface area contributed by atoms with Gasteiger partial charge in [-0.3, -0.25) is 19.7 Å². The Kier molecular flexibility index (Phi) is 4.26. The first-order chi connectivity index (χ1) is 9.93. The van der Waals surface area contributed by atoms with E-state index in [9.17, 15) is 14.4 Å². The van der Waals surface area contributed by atoms with Crippen molar-refractivity contribution in [2.45, 2.75) is 26.8 Å². The van der Waals surface area contributed by atoms with Crippen molar-refractivity contribution in [3.05, 3.63) is 29.3 Å². The number of nitrogens with zero attached hydrogens (tertiary/aromatic N) is 1. The molecular formula is C15H19N3O3. The number of benzene rings is 1. The van der Waals surface area contributed by atoms with Crippen molar-refractivity contribution < 1.29 is 14.4 Å². The van der Waals surface area contributed by atoms with E-state index < -0.39 is 17.9 Å². The number of amides is 3. The zero-order valence-corrected chi connectivity index (χ0v) is 12.4. The molecule has 3 amide bonds. The predicted molar refractivity (Wildman–Crippen MR) is 79.0 cm³/mol. The molecule has 1 fully saturated rings. The Labute approximate surface area is 123 Å². The summed E-state index contributed by atoms with van der Waals surface area (Å²) < 4.78 is 0. The molecule has 0 aliphatic carbocycles. The summed E-state index contributed by atoms with van der Waals surface area (Å²) in [7, 11) is 0. The lowest BCUT2D eigenvalue weighted by Crippen LogP contribution is -2.58. The lowest BCUT2D eigenvalue weighted by atomic mass is 10.1. The maximum atomic E-state index is 12.5. The van der Waals surface area contributed by atoms with E-state index >= 15 is 0 Å². The quantitative estimate of drug-likeness (QED) is 0.811. The molecular weight excluding hydrogens is 270 g/mol. The number of piperazine rings is 1. The molecule has 112 valence electrons. The lowest BCUT2D eigenvalue weighted by molar-refractivity contribution is -0.138. The molecule has 0 saturated carbocycles. The first-order valence-electron chi connectivity index (χ1n) is 6.93. The predicted octanol–water partition coefficient (Wildman–Crippen LogP) is 0.914. The summed E-state index contributed by atoms with van der Waals surface area (Å²) >= 11 is 0. The SMILES string of the molecule is CCNc1ccc(C(=O)N2CC(=O)NC(=O)C2C)cc1C. The van der Waals surface area contributed by atoms with Gasteiger partial charge in [-0.2, -0.15) is 0 Å². The molecule has 0 spiro atoms. The summed E-state index contributed by atoms with van der Waals surface area (Å²) in [5.41, 5.74) is 2.39. The maximum absolute atomic E-state index is 12.5. The fourth-order valence-corrected chi connectivity index (χ4v) is 2.31. The highest BCUT2D eigenvalue weighted by molar-refractivity contribution is 6.07. The maximum Gasteiger partial charge on any atom is 0.255 e. The van der Waals surface area contributed by atoms with E-state index in [1.54, 1.807) is 19.1 Å². The molecule has 2 rings (SSSR count). The van der Waals surface area contributed by atoms with Crippen LogP contribution >= 0.6 is 0 Å². The van der Waals surface area contributed by atoms with Gasteiger partial charge in [-0.05, 0) is 44.5 Å². The number of imide groups is 1. The molecule has 0 aromatic heterocycles. The third-order valence-electron chi connectivity index (χ3n) is 3.52. The summed E-state index contributed by atoms with van der Waals surface area (Å²) in [4.78, 5) is 36.8. The number of hydrogen-bond donors (Lipinski definition) is 2. The Morgan fingerprint density at radius 2 is 2.14 bits per heavy atom. The molecule has 1 aliphatic heterocycles. The van der Waals surface area contributed by atoms with Crippen LogP contribution in [0.2, 0.25) is 0 Å². The minimum atomic E-state index is -0.649. The molecule has 1 unspecified atom stereocenters. The van der Waals surface area contributed by atoms with Gasteiger partial charge in [0.1, 0.15) is 12.6 Å². The van der Waals surface area contributed by atoms with Crippen LogP contribution in [-0.4, -0.2) is 41.8 Å². The van der Waals surface area contributed by atoms with Gasteiger partial charge in [0, 0.05) is 17.8 Å². The van der Waals surface area contributed by atoms with E-state index in [-0.39, 0.29) is 12.5 Å². The second-order valence-corrected chi connectivity index (χ2v) is 5.08. The number of carbonyl (C=O) groups is 3. The number of aryl methyl sites for hydroxylation is 1. The second kappa shape index (κ2) is 5.95. The molecule has 1 aromatic carbocycles. The zero-order valence-electron chi connectivity index (χ0n) is 12.4. The molecule has 1 aromatic rings. The molecule has 1 aliphatic rings. The van der Waals surface area contributed by atoms with Gasteiger partial charge in [-0.15, -0.1) is 0 Å². The van der Waals surface area contributed by atoms with E-state index in [1.807, 2.05) is 19.9 Å². The van der Waals surface area contributed by atoms with Crippen molar-refractivity contribution in [2.75, 3.05) is 18.4 Å². The highest BCUT2D eigenvalue weighted by atomic mass is 16.2. The first kappa shape index (κ1) is 15.0. The van der Waals surface area contributed by atoms with Crippen LogP contribution in [0.15, 0.2) is 18.2 Å². The zero-order chi connectivity index (χ0) is 15.6. The van der Waals surface area contributed by atoms with Crippen molar-refractivity contribution in [1.82, 2.24) is 10.2 Å². The van der Waals surface area contributed by atoms with Crippen LogP contribution in [-0.2, 0) is 9.59 Å². The summed E-state index contributed by atoms with van der Waals surface area (Å²) in [5.74, 6) is -1.20. The van der Waals surface area contributed by atoms with Crippen molar-refractivity contribution >= 4 is 23.4 Å². The number of hydrogen-bond acceptors (Lipinski definition) is 4. The smallest absolute Gasteiger partial charge is 0.255 e. The van der Waals surface area contributed by atoms with Gasteiger partial charge in [-0.1, -0.05) is 0 Å². The second-order valence-electron chi connectivity index (χ2n) is 5.08. The van der Waals surface area contributed by atoms with E-state index in [4.69, 9.17) is 0 Å². The number of nitrogens with one attached hydrogen (secondary N) is 2. The normalized spacial score (nSPS) is 18.4. The van der Waals surface area contributed by atoms with Crippen LogP contribution in [0.25, 0.3) is 0 Å². The summed E-state index contributed by atoms with van der Waals surface area (Å²) in [6.45, 7) is 6.22. The molecule has 1 atom stereocenters. The van der Waals surface area contributed by atoms with Crippen molar-refractivity contribution in [3.63, 3.8) is 0 Å². The Balaban J connectivity index is 2.25. The van der Waals surface area contributed by atoms with Crippen LogP contribution in [0.5, 0.6) is 0 Å². The van der Waals surface area contributed by atoms with E-state index in [2.05, 4.69) is 10.6 Å². The van der Waals surface area contributed by atoms with Crippen LogP contribution in [0.3, 0.4) is 0 Å². The number of carbonyl (C=O) groups excluding carboxylic acids is 3. The van der Waals surface area contributed by atoms with Crippen LogP contribution < -0.4 is 10.6 Å². The lowest BCUT2D eigenvalue weighted by Gasteiger charge is -2.31. The highest BCUT2D eigenvalue weighted by Crippen LogP contribution is 2.19. The van der Waals surface area contributed by atoms with Crippen LogP contribution in [0, 0.1) is 6.92 Å². The van der Waals surface area contributed by atoms with E-state index in [0.717, 1.165) is 17.8 Å². The minimum Gasteiger partial charge on any atom is -0.385 e. The fourth-order valence-electron chi connectivity index (χ4n) is 2.31. The highest BCUT2D eigenvalue weighted by Gasteiger charge is 2.33. The minimum absolute atomic E-state index is 0.0975. The molecule has 21 heavy (non-hydrogen) atoms.